The van der Waals surface area contributed by atoms with E-state index in [-0.39, 0.29) is 5.97 Å². The highest BCUT2D eigenvalue weighted by molar-refractivity contribution is 5.89. The van der Waals surface area contributed by atoms with E-state index in [4.69, 9.17) is 4.74 Å². The number of nitrogens with zero attached hydrogens (tertiary/aromatic N) is 2. The van der Waals surface area contributed by atoms with Crippen molar-refractivity contribution >= 4 is 5.97 Å². The third kappa shape index (κ3) is 6.96. The molecule has 33 heavy (non-hydrogen) atoms. The number of esters is 1. The van der Waals surface area contributed by atoms with Crippen LogP contribution in [0.5, 0.6) is 0 Å². The zero-order chi connectivity index (χ0) is 24.0. The number of carbonyl (C=O) groups excluding carboxylic acids is 1. The van der Waals surface area contributed by atoms with Gasteiger partial charge in [0.25, 0.3) is 0 Å². The van der Waals surface area contributed by atoms with Gasteiger partial charge in [-0.05, 0) is 53.4 Å². The average Bonchev–Trinajstić information content (AvgIpc) is 3.19. The van der Waals surface area contributed by atoms with E-state index in [1.807, 2.05) is 36.5 Å². The third-order valence-electron chi connectivity index (χ3n) is 5.32. The summed E-state index contributed by atoms with van der Waals surface area (Å²) in [6.45, 7) is 6.99. The van der Waals surface area contributed by atoms with Crippen molar-refractivity contribution in [2.75, 3.05) is 13.7 Å². The molecule has 0 unspecified atom stereocenters. The second kappa shape index (κ2) is 10.7. The van der Waals surface area contributed by atoms with Crippen LogP contribution >= 0.6 is 0 Å². The fourth-order valence-electron chi connectivity index (χ4n) is 3.85. The average molecular weight is 459 g/mol. The Kier molecular flexibility index (Phi) is 7.97. The molecular formula is C26H29F3N2O2. The van der Waals surface area contributed by atoms with E-state index in [1.165, 1.54) is 19.2 Å². The Morgan fingerprint density at radius 3 is 2.36 bits per heavy atom. The highest BCUT2D eigenvalue weighted by Gasteiger charge is 2.29. The zero-order valence-corrected chi connectivity index (χ0v) is 19.1. The van der Waals surface area contributed by atoms with Gasteiger partial charge in [0.05, 0.1) is 18.2 Å². The molecule has 0 aliphatic rings. The maximum atomic E-state index is 12.8. The second-order valence-electron chi connectivity index (χ2n) is 8.58. The fraction of sp³-hybridized carbons (Fsp3) is 0.346. The lowest BCUT2D eigenvalue weighted by Crippen LogP contribution is -2.28. The van der Waals surface area contributed by atoms with Gasteiger partial charge in [0, 0.05) is 38.1 Å². The van der Waals surface area contributed by atoms with Crippen molar-refractivity contribution in [3.63, 3.8) is 0 Å². The molecule has 0 radical (unpaired) electrons. The summed E-state index contributed by atoms with van der Waals surface area (Å²) in [4.78, 5) is 14.2. The number of aromatic nitrogens is 1. The minimum Gasteiger partial charge on any atom is -0.465 e. The predicted octanol–water partition coefficient (Wildman–Crippen LogP) is 6.00. The van der Waals surface area contributed by atoms with Crippen molar-refractivity contribution in [2.24, 2.45) is 5.92 Å². The van der Waals surface area contributed by atoms with Crippen LogP contribution in [0.1, 0.15) is 46.6 Å². The van der Waals surface area contributed by atoms with Gasteiger partial charge in [-0.3, -0.25) is 4.90 Å². The Morgan fingerprint density at radius 2 is 1.73 bits per heavy atom. The van der Waals surface area contributed by atoms with Crippen molar-refractivity contribution in [1.29, 1.82) is 0 Å². The quantitative estimate of drug-likeness (QED) is 0.369. The summed E-state index contributed by atoms with van der Waals surface area (Å²) >= 11 is 0. The molecular weight excluding hydrogens is 429 g/mol. The minimum atomic E-state index is -4.33. The van der Waals surface area contributed by atoms with Crippen LogP contribution in [0, 0.1) is 5.92 Å². The minimum absolute atomic E-state index is 0.363. The molecule has 0 fully saturated rings. The molecule has 0 atom stereocenters. The van der Waals surface area contributed by atoms with Gasteiger partial charge in [-0.2, -0.15) is 13.2 Å². The van der Waals surface area contributed by atoms with Gasteiger partial charge < -0.3 is 9.30 Å². The van der Waals surface area contributed by atoms with Gasteiger partial charge in [0.1, 0.15) is 0 Å². The summed E-state index contributed by atoms with van der Waals surface area (Å²) in [5.41, 5.74) is 2.77. The molecule has 3 aromatic rings. The van der Waals surface area contributed by atoms with Crippen molar-refractivity contribution in [3.8, 4) is 0 Å². The van der Waals surface area contributed by atoms with Crippen molar-refractivity contribution in [2.45, 2.75) is 39.7 Å². The third-order valence-corrected chi connectivity index (χ3v) is 5.32. The maximum absolute atomic E-state index is 12.8. The molecule has 0 saturated carbocycles. The van der Waals surface area contributed by atoms with Gasteiger partial charge in [0.15, 0.2) is 0 Å². The number of carbonyl (C=O) groups is 1. The van der Waals surface area contributed by atoms with Crippen LogP contribution < -0.4 is 0 Å². The molecule has 1 heterocycles. The first-order chi connectivity index (χ1) is 15.7. The molecule has 0 aliphatic heterocycles. The molecule has 0 spiro atoms. The number of hydrogen-bond donors (Lipinski definition) is 0. The fourth-order valence-corrected chi connectivity index (χ4v) is 3.85. The summed E-state index contributed by atoms with van der Waals surface area (Å²) in [7, 11) is 1.37. The van der Waals surface area contributed by atoms with E-state index in [2.05, 4.69) is 23.3 Å². The van der Waals surface area contributed by atoms with E-state index in [9.17, 15) is 18.0 Å². The van der Waals surface area contributed by atoms with E-state index in [0.29, 0.717) is 31.1 Å². The smallest absolute Gasteiger partial charge is 0.416 e. The van der Waals surface area contributed by atoms with Crippen molar-refractivity contribution < 1.29 is 22.7 Å². The van der Waals surface area contributed by atoms with Crippen LogP contribution in [0.4, 0.5) is 13.2 Å². The first-order valence-electron chi connectivity index (χ1n) is 10.9. The van der Waals surface area contributed by atoms with Gasteiger partial charge >= 0.3 is 12.1 Å². The first-order valence-corrected chi connectivity index (χ1v) is 10.9. The number of hydrogen-bond acceptors (Lipinski definition) is 3. The van der Waals surface area contributed by atoms with Crippen molar-refractivity contribution in [1.82, 2.24) is 9.47 Å². The van der Waals surface area contributed by atoms with Crippen LogP contribution in [0.3, 0.4) is 0 Å². The van der Waals surface area contributed by atoms with Crippen LogP contribution in [0.25, 0.3) is 0 Å². The van der Waals surface area contributed by atoms with E-state index < -0.39 is 11.7 Å². The molecule has 0 aliphatic carbocycles. The van der Waals surface area contributed by atoms with Gasteiger partial charge in [-0.15, -0.1) is 0 Å². The molecule has 7 heteroatoms. The molecule has 2 aromatic carbocycles. The predicted molar refractivity (Wildman–Crippen MR) is 122 cm³/mol. The molecule has 1 aromatic heterocycles. The molecule has 0 N–H and O–H groups in total. The lowest BCUT2D eigenvalue weighted by Gasteiger charge is -2.25. The van der Waals surface area contributed by atoms with Crippen LogP contribution in [-0.2, 0) is 30.5 Å². The van der Waals surface area contributed by atoms with Crippen molar-refractivity contribution in [3.05, 3.63) is 94.8 Å². The molecule has 0 amide bonds. The second-order valence-corrected chi connectivity index (χ2v) is 8.58. The monoisotopic (exact) mass is 458 g/mol. The highest BCUT2D eigenvalue weighted by atomic mass is 19.4. The Balaban J connectivity index is 1.74. The van der Waals surface area contributed by atoms with Gasteiger partial charge in [0.2, 0.25) is 0 Å². The number of halogens is 3. The number of methoxy groups -OCH3 is 1. The van der Waals surface area contributed by atoms with Gasteiger partial charge in [-0.1, -0.05) is 38.1 Å². The highest BCUT2D eigenvalue weighted by Crippen LogP contribution is 2.29. The molecule has 0 bridgehead atoms. The number of rotatable bonds is 9. The number of benzene rings is 2. The summed E-state index contributed by atoms with van der Waals surface area (Å²) < 4.78 is 45.4. The van der Waals surface area contributed by atoms with E-state index in [0.717, 1.165) is 35.5 Å². The summed E-state index contributed by atoms with van der Waals surface area (Å²) in [5.74, 6) is 0.0739. The summed E-state index contributed by atoms with van der Waals surface area (Å²) in [6, 6.07) is 16.7. The Morgan fingerprint density at radius 1 is 1.00 bits per heavy atom. The normalized spacial score (nSPS) is 11.9. The zero-order valence-electron chi connectivity index (χ0n) is 19.1. The SMILES string of the molecule is COC(=O)c1cccc(CN(Cc2cccn2Cc2ccc(C(F)(F)F)cc2)CC(C)C)c1. The standard InChI is InChI=1S/C26H29F3N2O2/c1-19(2)15-30(16-21-6-4-7-22(14-21)25(32)33-3)18-24-8-5-13-31(24)17-20-9-11-23(12-10-20)26(27,28)29/h4-14,19H,15-18H2,1-3H3. The first kappa shape index (κ1) is 24.6. The Labute approximate surface area is 192 Å². The molecule has 0 saturated heterocycles. The Hall–Kier alpha value is -3.06. The number of alkyl halides is 3. The largest absolute Gasteiger partial charge is 0.465 e. The number of ether oxygens (including phenoxy) is 1. The molecule has 4 nitrogen and oxygen atoms in total. The van der Waals surface area contributed by atoms with Gasteiger partial charge in [-0.25, -0.2) is 4.79 Å². The molecule has 176 valence electrons. The van der Waals surface area contributed by atoms with Crippen LogP contribution in [0.2, 0.25) is 0 Å². The maximum Gasteiger partial charge on any atom is 0.416 e. The molecule has 3 rings (SSSR count). The lowest BCUT2D eigenvalue weighted by molar-refractivity contribution is -0.137. The topological polar surface area (TPSA) is 34.5 Å². The lowest BCUT2D eigenvalue weighted by atomic mass is 10.1. The van der Waals surface area contributed by atoms with E-state index >= 15 is 0 Å². The summed E-state index contributed by atoms with van der Waals surface area (Å²) in [5, 5.41) is 0. The Bertz CT molecular complexity index is 1060. The van der Waals surface area contributed by atoms with Crippen LogP contribution in [0.15, 0.2) is 66.9 Å². The van der Waals surface area contributed by atoms with E-state index in [1.54, 1.807) is 6.07 Å². The summed E-state index contributed by atoms with van der Waals surface area (Å²) in [6.07, 6.45) is -2.39. The van der Waals surface area contributed by atoms with Crippen LogP contribution in [-0.4, -0.2) is 29.1 Å².